The van der Waals surface area contributed by atoms with Crippen LogP contribution in [0.15, 0.2) is 0 Å². The van der Waals surface area contributed by atoms with Crippen LogP contribution in [0, 0.1) is 5.41 Å². The van der Waals surface area contributed by atoms with E-state index in [4.69, 9.17) is 39.5 Å². The first-order valence-electron chi connectivity index (χ1n) is 4.56. The zero-order valence-electron chi connectivity index (χ0n) is 8.56. The zero-order valence-corrected chi connectivity index (χ0v) is 10.8. The SMILES string of the molecule is CCC(CC)(C(=O)Cl)C(=O)OCC(Cl)Cl. The van der Waals surface area contributed by atoms with E-state index in [0.29, 0.717) is 12.8 Å². The van der Waals surface area contributed by atoms with Crippen LogP contribution in [-0.2, 0) is 14.3 Å². The lowest BCUT2D eigenvalue weighted by Crippen LogP contribution is -2.38. The first-order valence-corrected chi connectivity index (χ1v) is 5.81. The highest BCUT2D eigenvalue weighted by Crippen LogP contribution is 2.31. The normalized spacial score (nSPS) is 11.6. The van der Waals surface area contributed by atoms with Gasteiger partial charge in [-0.2, -0.15) is 0 Å². The summed E-state index contributed by atoms with van der Waals surface area (Å²) in [6, 6.07) is 0. The molecule has 0 aliphatic carbocycles. The maximum absolute atomic E-state index is 11.6. The smallest absolute Gasteiger partial charge is 0.321 e. The molecule has 3 nitrogen and oxygen atoms in total. The minimum atomic E-state index is -1.27. The molecule has 0 atom stereocenters. The van der Waals surface area contributed by atoms with Crippen LogP contribution in [0.1, 0.15) is 26.7 Å². The standard InChI is InChI=1S/C9H13Cl3O3/c1-3-9(4-2,7(12)13)8(14)15-5-6(10)11/h6H,3-5H2,1-2H3. The highest BCUT2D eigenvalue weighted by molar-refractivity contribution is 6.66. The summed E-state index contributed by atoms with van der Waals surface area (Å²) in [5.41, 5.74) is -1.27. The second-order valence-corrected chi connectivity index (χ2v) is 4.67. The van der Waals surface area contributed by atoms with E-state index in [1.165, 1.54) is 0 Å². The average molecular weight is 276 g/mol. The van der Waals surface area contributed by atoms with Gasteiger partial charge in [0.2, 0.25) is 5.24 Å². The van der Waals surface area contributed by atoms with Crippen molar-refractivity contribution < 1.29 is 14.3 Å². The summed E-state index contributed by atoms with van der Waals surface area (Å²) in [6.45, 7) is 3.25. The number of carbonyl (C=O) groups is 2. The number of esters is 1. The van der Waals surface area contributed by atoms with E-state index in [9.17, 15) is 9.59 Å². The van der Waals surface area contributed by atoms with E-state index in [0.717, 1.165) is 0 Å². The van der Waals surface area contributed by atoms with Crippen LogP contribution in [0.2, 0.25) is 0 Å². The largest absolute Gasteiger partial charge is 0.462 e. The van der Waals surface area contributed by atoms with Crippen LogP contribution in [-0.4, -0.2) is 22.7 Å². The first-order chi connectivity index (χ1) is 6.90. The molecule has 0 unspecified atom stereocenters. The van der Waals surface area contributed by atoms with Gasteiger partial charge in [0.25, 0.3) is 0 Å². The van der Waals surface area contributed by atoms with Gasteiger partial charge in [-0.05, 0) is 24.4 Å². The summed E-state index contributed by atoms with van der Waals surface area (Å²) < 4.78 is 4.80. The lowest BCUT2D eigenvalue weighted by atomic mass is 9.84. The number of halogens is 3. The Morgan fingerprint density at radius 1 is 1.27 bits per heavy atom. The third-order valence-corrected chi connectivity index (χ3v) is 2.93. The third-order valence-electron chi connectivity index (χ3n) is 2.31. The fourth-order valence-corrected chi connectivity index (χ4v) is 1.64. The van der Waals surface area contributed by atoms with E-state index in [-0.39, 0.29) is 6.61 Å². The zero-order chi connectivity index (χ0) is 12.1. The summed E-state index contributed by atoms with van der Waals surface area (Å²) in [4.78, 5) is 22.0. The van der Waals surface area contributed by atoms with Gasteiger partial charge < -0.3 is 4.74 Å². The summed E-state index contributed by atoms with van der Waals surface area (Å²) in [5, 5.41) is -0.710. The van der Waals surface area contributed by atoms with Crippen LogP contribution in [0.3, 0.4) is 0 Å². The molecule has 0 saturated heterocycles. The number of carbonyl (C=O) groups excluding carboxylic acids is 2. The fourth-order valence-electron chi connectivity index (χ4n) is 1.17. The van der Waals surface area contributed by atoms with Gasteiger partial charge in [-0.25, -0.2) is 0 Å². The number of alkyl halides is 2. The van der Waals surface area contributed by atoms with Crippen LogP contribution < -0.4 is 0 Å². The Labute approximate surface area is 104 Å². The van der Waals surface area contributed by atoms with Gasteiger partial charge >= 0.3 is 5.97 Å². The minimum absolute atomic E-state index is 0.145. The van der Waals surface area contributed by atoms with E-state index >= 15 is 0 Å². The van der Waals surface area contributed by atoms with Gasteiger partial charge in [0, 0.05) is 0 Å². The van der Waals surface area contributed by atoms with Crippen molar-refractivity contribution in [3.05, 3.63) is 0 Å². The molecule has 0 heterocycles. The molecule has 0 aromatic heterocycles. The third kappa shape index (κ3) is 3.82. The maximum Gasteiger partial charge on any atom is 0.321 e. The van der Waals surface area contributed by atoms with Crippen molar-refractivity contribution in [1.82, 2.24) is 0 Å². The number of rotatable bonds is 6. The van der Waals surface area contributed by atoms with E-state index < -0.39 is 21.5 Å². The lowest BCUT2D eigenvalue weighted by Gasteiger charge is -2.24. The average Bonchev–Trinajstić information content (AvgIpc) is 2.17. The van der Waals surface area contributed by atoms with Gasteiger partial charge in [0.15, 0.2) is 0 Å². The molecular formula is C9H13Cl3O3. The monoisotopic (exact) mass is 274 g/mol. The molecule has 0 bridgehead atoms. The Bertz CT molecular complexity index is 237. The number of hydrogen-bond acceptors (Lipinski definition) is 3. The molecular weight excluding hydrogens is 262 g/mol. The van der Waals surface area contributed by atoms with Crippen molar-refractivity contribution in [2.24, 2.45) is 5.41 Å². The summed E-state index contributed by atoms with van der Waals surface area (Å²) in [6.07, 6.45) is 0.583. The van der Waals surface area contributed by atoms with Crippen molar-refractivity contribution in [3.8, 4) is 0 Å². The highest BCUT2D eigenvalue weighted by Gasteiger charge is 2.43. The van der Waals surface area contributed by atoms with Gasteiger partial charge in [0.1, 0.15) is 16.9 Å². The van der Waals surface area contributed by atoms with E-state index in [2.05, 4.69) is 0 Å². The maximum atomic E-state index is 11.6. The Morgan fingerprint density at radius 3 is 2.00 bits per heavy atom. The molecule has 15 heavy (non-hydrogen) atoms. The highest BCUT2D eigenvalue weighted by atomic mass is 35.5. The van der Waals surface area contributed by atoms with Crippen LogP contribution in [0.5, 0.6) is 0 Å². The Morgan fingerprint density at radius 2 is 1.73 bits per heavy atom. The predicted molar refractivity (Wildman–Crippen MR) is 60.3 cm³/mol. The topological polar surface area (TPSA) is 43.4 Å². The molecule has 0 aromatic rings. The number of hydrogen-bond donors (Lipinski definition) is 0. The van der Waals surface area contributed by atoms with Crippen LogP contribution >= 0.6 is 34.8 Å². The van der Waals surface area contributed by atoms with Crippen molar-refractivity contribution in [2.75, 3.05) is 6.61 Å². The lowest BCUT2D eigenvalue weighted by molar-refractivity contribution is -0.158. The molecule has 0 rings (SSSR count). The van der Waals surface area contributed by atoms with Crippen LogP contribution in [0.25, 0.3) is 0 Å². The molecule has 6 heteroatoms. The molecule has 0 amide bonds. The molecule has 0 radical (unpaired) electrons. The van der Waals surface area contributed by atoms with Crippen molar-refractivity contribution in [1.29, 1.82) is 0 Å². The van der Waals surface area contributed by atoms with Gasteiger partial charge in [-0.3, -0.25) is 9.59 Å². The molecule has 0 aliphatic heterocycles. The minimum Gasteiger partial charge on any atom is -0.462 e. The molecule has 0 aromatic carbocycles. The summed E-state index contributed by atoms with van der Waals surface area (Å²) in [5.74, 6) is -0.668. The number of ether oxygens (including phenoxy) is 1. The van der Waals surface area contributed by atoms with Gasteiger partial charge in [-0.1, -0.05) is 13.8 Å². The quantitative estimate of drug-likeness (QED) is 0.324. The summed E-state index contributed by atoms with van der Waals surface area (Å²) in [7, 11) is 0. The second-order valence-electron chi connectivity index (χ2n) is 3.05. The van der Waals surface area contributed by atoms with Gasteiger partial charge in [0.05, 0.1) is 0 Å². The van der Waals surface area contributed by atoms with Crippen molar-refractivity contribution in [3.63, 3.8) is 0 Å². The van der Waals surface area contributed by atoms with E-state index in [1.54, 1.807) is 13.8 Å². The van der Waals surface area contributed by atoms with Crippen molar-refractivity contribution >= 4 is 46.0 Å². The van der Waals surface area contributed by atoms with Gasteiger partial charge in [-0.15, -0.1) is 23.2 Å². The second kappa shape index (κ2) is 6.56. The molecule has 0 fully saturated rings. The first kappa shape index (κ1) is 15.0. The Hall–Kier alpha value is 0.01000. The predicted octanol–water partition coefficient (Wildman–Crippen LogP) is 2.91. The van der Waals surface area contributed by atoms with Crippen molar-refractivity contribution in [2.45, 2.75) is 31.5 Å². The summed E-state index contributed by atoms with van der Waals surface area (Å²) >= 11 is 16.2. The van der Waals surface area contributed by atoms with Crippen LogP contribution in [0.4, 0.5) is 0 Å². The fraction of sp³-hybridized carbons (Fsp3) is 0.778. The molecule has 0 saturated carbocycles. The molecule has 0 aliphatic rings. The molecule has 0 spiro atoms. The Kier molecular flexibility index (Phi) is 6.57. The Balaban J connectivity index is 4.63. The van der Waals surface area contributed by atoms with E-state index in [1.807, 2.05) is 0 Å². The molecule has 0 N–H and O–H groups in total. The molecule has 88 valence electrons.